The largest absolute Gasteiger partial charge is 0.276 e. The normalized spacial score (nSPS) is 11.5. The van der Waals surface area contributed by atoms with Crippen LogP contribution >= 0.6 is 11.6 Å². The van der Waals surface area contributed by atoms with Crippen molar-refractivity contribution in [3.05, 3.63) is 29.6 Å². The van der Waals surface area contributed by atoms with Gasteiger partial charge in [-0.15, -0.1) is 0 Å². The van der Waals surface area contributed by atoms with Crippen LogP contribution in [-0.4, -0.2) is 28.2 Å². The van der Waals surface area contributed by atoms with E-state index in [4.69, 9.17) is 11.6 Å². The van der Waals surface area contributed by atoms with Crippen LogP contribution in [0, 0.1) is 0 Å². The Bertz CT molecular complexity index is 680. The van der Waals surface area contributed by atoms with Gasteiger partial charge in [0.15, 0.2) is 0 Å². The Morgan fingerprint density at radius 1 is 1.37 bits per heavy atom. The van der Waals surface area contributed by atoms with Crippen molar-refractivity contribution >= 4 is 27.3 Å². The summed E-state index contributed by atoms with van der Waals surface area (Å²) in [6.07, 6.45) is 4.53. The standard InChI is InChI=1S/C10H12ClN5O2S/c1-3-8-9(6-16(2)14-8)15-19(17,18)7-4-12-10(11)13-5-7/h4-6,15H,3H2,1-2H3. The van der Waals surface area contributed by atoms with Crippen LogP contribution in [-0.2, 0) is 23.5 Å². The molecule has 102 valence electrons. The third-order valence-corrected chi connectivity index (χ3v) is 3.91. The first-order chi connectivity index (χ1) is 8.92. The van der Waals surface area contributed by atoms with Crippen molar-refractivity contribution in [3.8, 4) is 0 Å². The number of halogens is 1. The number of hydrogen-bond acceptors (Lipinski definition) is 5. The third kappa shape index (κ3) is 3.02. The summed E-state index contributed by atoms with van der Waals surface area (Å²) < 4.78 is 28.2. The fourth-order valence-corrected chi connectivity index (χ4v) is 2.58. The summed E-state index contributed by atoms with van der Waals surface area (Å²) in [4.78, 5) is 7.25. The second-order valence-corrected chi connectivity index (χ2v) is 5.83. The fourth-order valence-electron chi connectivity index (χ4n) is 1.52. The molecule has 0 aliphatic carbocycles. The van der Waals surface area contributed by atoms with E-state index in [-0.39, 0.29) is 10.2 Å². The second kappa shape index (κ2) is 5.14. The molecule has 2 heterocycles. The van der Waals surface area contributed by atoms with Gasteiger partial charge in [-0.3, -0.25) is 9.40 Å². The molecule has 7 nitrogen and oxygen atoms in total. The van der Waals surface area contributed by atoms with Crippen molar-refractivity contribution in [3.63, 3.8) is 0 Å². The smallest absolute Gasteiger partial charge is 0.265 e. The zero-order valence-corrected chi connectivity index (χ0v) is 11.9. The molecule has 0 atom stereocenters. The van der Waals surface area contributed by atoms with Crippen LogP contribution in [0.3, 0.4) is 0 Å². The van der Waals surface area contributed by atoms with Crippen LogP contribution in [0.2, 0.25) is 5.28 Å². The van der Waals surface area contributed by atoms with E-state index < -0.39 is 10.0 Å². The first-order valence-corrected chi connectivity index (χ1v) is 7.31. The molecule has 0 aromatic carbocycles. The topological polar surface area (TPSA) is 89.8 Å². The highest BCUT2D eigenvalue weighted by Crippen LogP contribution is 2.19. The van der Waals surface area contributed by atoms with Crippen molar-refractivity contribution < 1.29 is 8.42 Å². The van der Waals surface area contributed by atoms with Crippen molar-refractivity contribution in [2.24, 2.45) is 7.05 Å². The molecule has 0 radical (unpaired) electrons. The lowest BCUT2D eigenvalue weighted by Crippen LogP contribution is -2.14. The minimum atomic E-state index is -3.74. The number of nitrogens with zero attached hydrogens (tertiary/aromatic N) is 4. The molecule has 2 aromatic rings. The second-order valence-electron chi connectivity index (χ2n) is 3.81. The highest BCUT2D eigenvalue weighted by molar-refractivity contribution is 7.92. The van der Waals surface area contributed by atoms with E-state index in [1.165, 1.54) is 0 Å². The number of nitrogens with one attached hydrogen (secondary N) is 1. The van der Waals surface area contributed by atoms with E-state index in [1.807, 2.05) is 6.92 Å². The Hall–Kier alpha value is -1.67. The lowest BCUT2D eigenvalue weighted by Gasteiger charge is -2.06. The van der Waals surface area contributed by atoms with Crippen LogP contribution in [0.15, 0.2) is 23.5 Å². The van der Waals surface area contributed by atoms with Crippen molar-refractivity contribution in [2.45, 2.75) is 18.2 Å². The van der Waals surface area contributed by atoms with Crippen LogP contribution in [0.4, 0.5) is 5.69 Å². The first-order valence-electron chi connectivity index (χ1n) is 5.45. The Labute approximate surface area is 115 Å². The van der Waals surface area contributed by atoms with Gasteiger partial charge < -0.3 is 0 Å². The van der Waals surface area contributed by atoms with Gasteiger partial charge in [-0.25, -0.2) is 18.4 Å². The number of rotatable bonds is 4. The van der Waals surface area contributed by atoms with Gasteiger partial charge in [0, 0.05) is 13.2 Å². The zero-order chi connectivity index (χ0) is 14.0. The summed E-state index contributed by atoms with van der Waals surface area (Å²) in [6.45, 7) is 1.89. The minimum absolute atomic E-state index is 0.00502. The molecule has 0 aliphatic rings. The molecular formula is C10H12ClN5O2S. The van der Waals surface area contributed by atoms with Gasteiger partial charge >= 0.3 is 0 Å². The predicted molar refractivity (Wildman–Crippen MR) is 70.4 cm³/mol. The summed E-state index contributed by atoms with van der Waals surface area (Å²) in [6, 6.07) is 0. The van der Waals surface area contributed by atoms with Gasteiger partial charge in [0.1, 0.15) is 4.90 Å². The molecule has 0 saturated carbocycles. The molecule has 2 rings (SSSR count). The summed E-state index contributed by atoms with van der Waals surface area (Å²) in [5.74, 6) is 0. The van der Waals surface area contributed by atoms with Crippen LogP contribution in [0.1, 0.15) is 12.6 Å². The van der Waals surface area contributed by atoms with Gasteiger partial charge in [0.05, 0.1) is 23.8 Å². The third-order valence-electron chi connectivity index (χ3n) is 2.39. The molecule has 0 fully saturated rings. The number of anilines is 1. The monoisotopic (exact) mass is 301 g/mol. The quantitative estimate of drug-likeness (QED) is 0.858. The number of aromatic nitrogens is 4. The van der Waals surface area contributed by atoms with Crippen molar-refractivity contribution in [1.29, 1.82) is 0 Å². The average molecular weight is 302 g/mol. The molecule has 0 saturated heterocycles. The minimum Gasteiger partial charge on any atom is -0.276 e. The van der Waals surface area contributed by atoms with Crippen LogP contribution in [0.5, 0.6) is 0 Å². The fraction of sp³-hybridized carbons (Fsp3) is 0.300. The zero-order valence-electron chi connectivity index (χ0n) is 10.3. The van der Waals surface area contributed by atoms with E-state index in [0.29, 0.717) is 17.8 Å². The van der Waals surface area contributed by atoms with E-state index in [0.717, 1.165) is 12.4 Å². The molecule has 1 N–H and O–H groups in total. The van der Waals surface area contributed by atoms with Gasteiger partial charge in [-0.05, 0) is 18.0 Å². The highest BCUT2D eigenvalue weighted by Gasteiger charge is 2.18. The summed E-state index contributed by atoms with van der Waals surface area (Å²) >= 11 is 5.52. The molecule has 0 aliphatic heterocycles. The maximum atomic E-state index is 12.1. The SMILES string of the molecule is CCc1nn(C)cc1NS(=O)(=O)c1cnc(Cl)nc1. The molecule has 0 bridgehead atoms. The van der Waals surface area contributed by atoms with Gasteiger partial charge in [-0.2, -0.15) is 5.10 Å². The summed E-state index contributed by atoms with van der Waals surface area (Å²) in [5, 5.41) is 4.15. The Balaban J connectivity index is 2.33. The van der Waals surface area contributed by atoms with Gasteiger partial charge in [0.2, 0.25) is 5.28 Å². The van der Waals surface area contributed by atoms with E-state index in [2.05, 4.69) is 19.8 Å². The van der Waals surface area contributed by atoms with E-state index in [9.17, 15) is 8.42 Å². The predicted octanol–water partition coefficient (Wildman–Crippen LogP) is 1.23. The van der Waals surface area contributed by atoms with E-state index in [1.54, 1.807) is 17.9 Å². The number of sulfonamides is 1. The number of hydrogen-bond donors (Lipinski definition) is 1. The van der Waals surface area contributed by atoms with Crippen LogP contribution in [0.25, 0.3) is 0 Å². The molecule has 0 spiro atoms. The maximum absolute atomic E-state index is 12.1. The molecule has 2 aromatic heterocycles. The first kappa shape index (κ1) is 13.8. The highest BCUT2D eigenvalue weighted by atomic mass is 35.5. The van der Waals surface area contributed by atoms with E-state index >= 15 is 0 Å². The van der Waals surface area contributed by atoms with Crippen LogP contribution < -0.4 is 4.72 Å². The molecule has 19 heavy (non-hydrogen) atoms. The Morgan fingerprint density at radius 2 is 2.00 bits per heavy atom. The summed E-state index contributed by atoms with van der Waals surface area (Å²) in [7, 11) is -2.01. The average Bonchev–Trinajstić information content (AvgIpc) is 2.69. The van der Waals surface area contributed by atoms with Gasteiger partial charge in [-0.1, -0.05) is 6.92 Å². The molecule has 0 unspecified atom stereocenters. The number of aryl methyl sites for hydroxylation is 2. The van der Waals surface area contributed by atoms with Crippen molar-refractivity contribution in [2.75, 3.05) is 4.72 Å². The lowest BCUT2D eigenvalue weighted by molar-refractivity contribution is 0.600. The van der Waals surface area contributed by atoms with Crippen molar-refractivity contribution in [1.82, 2.24) is 19.7 Å². The Morgan fingerprint density at radius 3 is 2.58 bits per heavy atom. The lowest BCUT2D eigenvalue weighted by atomic mass is 10.3. The maximum Gasteiger partial charge on any atom is 0.265 e. The summed E-state index contributed by atoms with van der Waals surface area (Å²) in [5.41, 5.74) is 1.11. The van der Waals surface area contributed by atoms with Gasteiger partial charge in [0.25, 0.3) is 10.0 Å². The molecule has 0 amide bonds. The molecule has 9 heteroatoms. The Kier molecular flexibility index (Phi) is 3.72. The molecular weight excluding hydrogens is 290 g/mol.